The number of thiocarbonyl (C=S) groups is 1. The second kappa shape index (κ2) is 12.4. The SMILES string of the molecule is NC(NC(=S)Nc1ccc(N2CCN(C3CCCC3)CC2)cc1)SCC1CCCCCC1. The van der Waals surface area contributed by atoms with Crippen molar-refractivity contribution in [2.45, 2.75) is 75.7 Å². The van der Waals surface area contributed by atoms with Crippen molar-refractivity contribution < 1.29 is 0 Å². The van der Waals surface area contributed by atoms with Gasteiger partial charge in [-0.25, -0.2) is 0 Å². The second-order valence-electron chi connectivity index (χ2n) is 9.72. The van der Waals surface area contributed by atoms with Crippen molar-refractivity contribution >= 4 is 40.5 Å². The smallest absolute Gasteiger partial charge is 0.172 e. The lowest BCUT2D eigenvalue weighted by Gasteiger charge is -2.39. The fraction of sp³-hybridized carbons (Fsp3) is 0.720. The Morgan fingerprint density at radius 2 is 1.56 bits per heavy atom. The minimum Gasteiger partial charge on any atom is -0.369 e. The number of hydrogen-bond donors (Lipinski definition) is 3. The summed E-state index contributed by atoms with van der Waals surface area (Å²) in [6, 6.07) is 9.50. The van der Waals surface area contributed by atoms with Crippen LogP contribution in [-0.2, 0) is 0 Å². The van der Waals surface area contributed by atoms with Crippen molar-refractivity contribution in [2.75, 3.05) is 42.1 Å². The highest BCUT2D eigenvalue weighted by Gasteiger charge is 2.26. The van der Waals surface area contributed by atoms with Gasteiger partial charge in [0.25, 0.3) is 0 Å². The van der Waals surface area contributed by atoms with E-state index < -0.39 is 0 Å². The number of benzene rings is 1. The third-order valence-corrected chi connectivity index (χ3v) is 8.77. The van der Waals surface area contributed by atoms with Gasteiger partial charge in [-0.2, -0.15) is 0 Å². The molecule has 0 bridgehead atoms. The van der Waals surface area contributed by atoms with Crippen molar-refractivity contribution in [3.63, 3.8) is 0 Å². The van der Waals surface area contributed by atoms with Gasteiger partial charge < -0.3 is 21.3 Å². The third kappa shape index (κ3) is 7.24. The summed E-state index contributed by atoms with van der Waals surface area (Å²) in [6.45, 7) is 4.62. The molecule has 4 rings (SSSR count). The molecule has 32 heavy (non-hydrogen) atoms. The zero-order valence-corrected chi connectivity index (χ0v) is 21.1. The molecule has 7 heteroatoms. The van der Waals surface area contributed by atoms with Gasteiger partial charge in [0.2, 0.25) is 0 Å². The molecule has 1 aliphatic heterocycles. The van der Waals surface area contributed by atoms with Crippen LogP contribution in [0.25, 0.3) is 0 Å². The maximum absolute atomic E-state index is 6.28. The zero-order valence-electron chi connectivity index (χ0n) is 19.4. The van der Waals surface area contributed by atoms with Crippen LogP contribution in [0.5, 0.6) is 0 Å². The van der Waals surface area contributed by atoms with Gasteiger partial charge in [-0.1, -0.05) is 38.5 Å². The van der Waals surface area contributed by atoms with Gasteiger partial charge in [-0.15, -0.1) is 11.8 Å². The highest BCUT2D eigenvalue weighted by Crippen LogP contribution is 2.27. The Hall–Kier alpha value is -1.02. The van der Waals surface area contributed by atoms with E-state index in [1.165, 1.54) is 83.0 Å². The van der Waals surface area contributed by atoms with Gasteiger partial charge in [0.1, 0.15) is 5.50 Å². The van der Waals surface area contributed by atoms with Gasteiger partial charge in [-0.3, -0.25) is 4.90 Å². The Morgan fingerprint density at radius 3 is 2.22 bits per heavy atom. The first-order valence-corrected chi connectivity index (χ1v) is 14.2. The van der Waals surface area contributed by atoms with Gasteiger partial charge >= 0.3 is 0 Å². The first kappa shape index (κ1) is 24.1. The number of nitrogens with two attached hydrogens (primary N) is 1. The number of nitrogens with zero attached hydrogens (tertiary/aromatic N) is 2. The molecule has 3 aliphatic rings. The molecule has 1 heterocycles. The normalized spacial score (nSPS) is 22.5. The summed E-state index contributed by atoms with van der Waals surface area (Å²) in [4.78, 5) is 5.21. The molecule has 0 amide bonds. The zero-order chi connectivity index (χ0) is 22.2. The van der Waals surface area contributed by atoms with Crippen LogP contribution in [0.15, 0.2) is 24.3 Å². The standard InChI is InChI=1S/C25H41N5S2/c26-24(32-19-20-7-3-1-2-4-8-20)28-25(31)27-21-11-13-23(14-12-21)30-17-15-29(16-18-30)22-9-5-6-10-22/h11-14,20,22,24H,1-10,15-19,26H2,(H2,27,28,31). The molecule has 178 valence electrons. The predicted octanol–water partition coefficient (Wildman–Crippen LogP) is 4.98. The summed E-state index contributed by atoms with van der Waals surface area (Å²) >= 11 is 7.29. The number of piperazine rings is 1. The number of nitrogens with one attached hydrogen (secondary N) is 2. The molecule has 3 fully saturated rings. The number of hydrogen-bond acceptors (Lipinski definition) is 5. The molecule has 2 aliphatic carbocycles. The van der Waals surface area contributed by atoms with Crippen molar-refractivity contribution in [3.8, 4) is 0 Å². The number of thioether (sulfide) groups is 1. The maximum Gasteiger partial charge on any atom is 0.172 e. The van der Waals surface area contributed by atoms with E-state index in [1.807, 2.05) is 0 Å². The van der Waals surface area contributed by atoms with Crippen molar-refractivity contribution in [3.05, 3.63) is 24.3 Å². The van der Waals surface area contributed by atoms with Crippen LogP contribution < -0.4 is 21.3 Å². The van der Waals surface area contributed by atoms with Crippen LogP contribution >= 0.6 is 24.0 Å². The molecule has 1 saturated heterocycles. The summed E-state index contributed by atoms with van der Waals surface area (Å²) in [5.74, 6) is 1.93. The largest absolute Gasteiger partial charge is 0.369 e. The summed E-state index contributed by atoms with van der Waals surface area (Å²) in [5, 5.41) is 7.13. The molecule has 1 aromatic carbocycles. The number of anilines is 2. The third-order valence-electron chi connectivity index (χ3n) is 7.41. The van der Waals surface area contributed by atoms with E-state index in [-0.39, 0.29) is 5.50 Å². The summed E-state index contributed by atoms with van der Waals surface area (Å²) < 4.78 is 0. The van der Waals surface area contributed by atoms with Crippen molar-refractivity contribution in [2.24, 2.45) is 11.7 Å². The van der Waals surface area contributed by atoms with E-state index >= 15 is 0 Å². The fourth-order valence-electron chi connectivity index (χ4n) is 5.48. The van der Waals surface area contributed by atoms with Gasteiger partial charge in [0, 0.05) is 43.6 Å². The highest BCUT2D eigenvalue weighted by molar-refractivity contribution is 7.99. The minimum atomic E-state index is -0.159. The predicted molar refractivity (Wildman–Crippen MR) is 143 cm³/mol. The summed E-state index contributed by atoms with van der Waals surface area (Å²) in [7, 11) is 0. The lowest BCUT2D eigenvalue weighted by atomic mass is 10.0. The lowest BCUT2D eigenvalue weighted by Crippen LogP contribution is -2.49. The van der Waals surface area contributed by atoms with E-state index in [1.54, 1.807) is 11.8 Å². The molecule has 4 N–H and O–H groups in total. The summed E-state index contributed by atoms with van der Waals surface area (Å²) in [5.41, 5.74) is 8.43. The molecule has 0 radical (unpaired) electrons. The van der Waals surface area contributed by atoms with E-state index in [0.29, 0.717) is 5.11 Å². The second-order valence-corrected chi connectivity index (χ2v) is 11.3. The molecule has 2 saturated carbocycles. The van der Waals surface area contributed by atoms with E-state index in [0.717, 1.165) is 36.5 Å². The Labute approximate surface area is 204 Å². The van der Waals surface area contributed by atoms with Crippen LogP contribution in [0.2, 0.25) is 0 Å². The van der Waals surface area contributed by atoms with Crippen LogP contribution in [0.3, 0.4) is 0 Å². The van der Waals surface area contributed by atoms with Gasteiger partial charge in [0.15, 0.2) is 5.11 Å². The van der Waals surface area contributed by atoms with Crippen molar-refractivity contribution in [1.82, 2.24) is 10.2 Å². The molecule has 5 nitrogen and oxygen atoms in total. The molecule has 1 unspecified atom stereocenters. The number of rotatable bonds is 7. The Kier molecular flexibility index (Phi) is 9.38. The minimum absolute atomic E-state index is 0.159. The monoisotopic (exact) mass is 475 g/mol. The molecular weight excluding hydrogens is 434 g/mol. The Balaban J connectivity index is 1.16. The molecule has 1 atom stereocenters. The van der Waals surface area contributed by atoms with Gasteiger partial charge in [-0.05, 0) is 73.8 Å². The topological polar surface area (TPSA) is 56.6 Å². The van der Waals surface area contributed by atoms with Crippen LogP contribution in [0.1, 0.15) is 64.2 Å². The Bertz CT molecular complexity index is 691. The van der Waals surface area contributed by atoms with Gasteiger partial charge in [0.05, 0.1) is 0 Å². The Morgan fingerprint density at radius 1 is 0.938 bits per heavy atom. The average molecular weight is 476 g/mol. The summed E-state index contributed by atoms with van der Waals surface area (Å²) in [6.07, 6.45) is 13.9. The molecular formula is C25H41N5S2. The molecule has 0 aromatic heterocycles. The fourth-order valence-corrected chi connectivity index (χ4v) is 6.81. The van der Waals surface area contributed by atoms with E-state index in [4.69, 9.17) is 18.0 Å². The quantitative estimate of drug-likeness (QED) is 0.292. The molecule has 1 aromatic rings. The van der Waals surface area contributed by atoms with Crippen LogP contribution in [0, 0.1) is 5.92 Å². The maximum atomic E-state index is 6.28. The van der Waals surface area contributed by atoms with E-state index in [9.17, 15) is 0 Å². The highest BCUT2D eigenvalue weighted by atomic mass is 32.2. The first-order valence-electron chi connectivity index (χ1n) is 12.7. The first-order chi connectivity index (χ1) is 15.7. The van der Waals surface area contributed by atoms with Crippen molar-refractivity contribution in [1.29, 1.82) is 0 Å². The molecule has 0 spiro atoms. The van der Waals surface area contributed by atoms with Crippen LogP contribution in [-0.4, -0.2) is 53.5 Å². The average Bonchev–Trinajstić information content (AvgIpc) is 3.22. The van der Waals surface area contributed by atoms with Crippen LogP contribution in [0.4, 0.5) is 11.4 Å². The lowest BCUT2D eigenvalue weighted by molar-refractivity contribution is 0.187. The van der Waals surface area contributed by atoms with E-state index in [2.05, 4.69) is 44.7 Å².